The van der Waals surface area contributed by atoms with E-state index in [1.807, 2.05) is 48.5 Å². The number of carbonyl (C=O) groups excluding carboxylic acids is 2. The van der Waals surface area contributed by atoms with E-state index in [-0.39, 0.29) is 35.7 Å². The Balaban J connectivity index is 1.30. The molecule has 13 nitrogen and oxygen atoms in total. The van der Waals surface area contributed by atoms with Gasteiger partial charge in [0.1, 0.15) is 17.5 Å². The van der Waals surface area contributed by atoms with Crippen LogP contribution in [0.5, 0.6) is 0 Å². The molecule has 0 aromatic carbocycles. The Kier molecular flexibility index (Phi) is 14.9. The van der Waals surface area contributed by atoms with Crippen molar-refractivity contribution in [2.24, 2.45) is 41.4 Å². The van der Waals surface area contributed by atoms with Crippen molar-refractivity contribution in [2.45, 2.75) is 206 Å². The molecular weight excluding hydrogens is 746 g/mol. The molecule has 5 rings (SSSR count). The van der Waals surface area contributed by atoms with Gasteiger partial charge in [-0.15, -0.1) is 0 Å². The lowest BCUT2D eigenvalue weighted by atomic mass is 9.72. The number of ketones is 1. The molecule has 0 bridgehead atoms. The number of amides is 1. The molecule has 4 N–H and O–H groups in total. The van der Waals surface area contributed by atoms with Crippen LogP contribution in [-0.4, -0.2) is 105 Å². The molecule has 0 aromatic rings. The monoisotopic (exact) mass is 822 g/mol. The van der Waals surface area contributed by atoms with Crippen molar-refractivity contribution in [1.82, 2.24) is 5.32 Å². The standard InChI is InChI=1S/C45H75NO12/c1-12-31(40(50)51)33-17-16-25(5)38(54-33)29(9)36(48)28(8)37(49)32(13-2)39-26(6)24-27(7)44(55-39)21-18-34(47)45(58-44)23-22-42(11,57-45)35-19-20-43(14-3,30(10)53-35)56-41(52)46-15-4/h18,21,25-36,38-39,47-48H,12-17,19-20,22-24H2,1-11H3,(H,46,52)(H,50,51)/t25-,26-,27+,28-,29-,30-,31+,32-,33+,34+,35+,36+,38+,39-,42-,43+,44-,45-/m0/s1. The van der Waals surface area contributed by atoms with E-state index in [0.717, 1.165) is 6.42 Å². The lowest BCUT2D eigenvalue weighted by molar-refractivity contribution is -0.408. The van der Waals surface area contributed by atoms with Gasteiger partial charge in [0.2, 0.25) is 5.79 Å². The Morgan fingerprint density at radius 2 is 1.59 bits per heavy atom. The van der Waals surface area contributed by atoms with Crippen LogP contribution >= 0.6 is 0 Å². The van der Waals surface area contributed by atoms with Crippen molar-refractivity contribution >= 4 is 17.8 Å². The van der Waals surface area contributed by atoms with Gasteiger partial charge in [-0.3, -0.25) is 9.59 Å². The summed E-state index contributed by atoms with van der Waals surface area (Å²) in [5.41, 5.74) is -1.58. The molecule has 1 amide bonds. The molecule has 0 unspecified atom stereocenters. The van der Waals surface area contributed by atoms with E-state index < -0.39 is 89.0 Å². The van der Waals surface area contributed by atoms with Crippen LogP contribution in [0.1, 0.15) is 140 Å². The highest BCUT2D eigenvalue weighted by molar-refractivity contribution is 5.84. The lowest BCUT2D eigenvalue weighted by Gasteiger charge is -2.54. The van der Waals surface area contributed by atoms with Crippen LogP contribution < -0.4 is 5.32 Å². The number of aliphatic hydroxyl groups excluding tert-OH is 2. The molecule has 58 heavy (non-hydrogen) atoms. The van der Waals surface area contributed by atoms with Crippen LogP contribution in [0.4, 0.5) is 4.79 Å². The molecule has 5 aliphatic heterocycles. The molecule has 0 aliphatic carbocycles. The van der Waals surface area contributed by atoms with E-state index in [0.29, 0.717) is 64.3 Å². The fourth-order valence-corrected chi connectivity index (χ4v) is 11.1. The Labute approximate surface area is 346 Å². The SMILES string of the molecule is CCNC(=O)O[C@]1(CC)CC[C@H]([C@]2(C)CC[C@@]3(O[C@]4(C=C[C@H]3O)O[C@H]([C@@H](CC)C(=O)[C@@H](C)[C@@H](O)[C@H](C)[C@@H]3O[C@@H]([C@@H](CC)C(=O)O)CC[C@@H]3C)[C@@H](C)C[C@H]4C)O2)O[C@H]1C. The van der Waals surface area contributed by atoms with E-state index in [4.69, 9.17) is 28.4 Å². The van der Waals surface area contributed by atoms with Gasteiger partial charge < -0.3 is 49.1 Å². The van der Waals surface area contributed by atoms with Gasteiger partial charge in [-0.05, 0) is 103 Å². The van der Waals surface area contributed by atoms with Gasteiger partial charge in [0.15, 0.2) is 5.79 Å². The Morgan fingerprint density at radius 1 is 0.897 bits per heavy atom. The average molecular weight is 822 g/mol. The average Bonchev–Trinajstić information content (AvgIpc) is 3.53. The van der Waals surface area contributed by atoms with Crippen LogP contribution in [0.3, 0.4) is 0 Å². The summed E-state index contributed by atoms with van der Waals surface area (Å²) < 4.78 is 39.8. The molecular formula is C45H75NO12. The van der Waals surface area contributed by atoms with Gasteiger partial charge in [-0.1, -0.05) is 55.4 Å². The van der Waals surface area contributed by atoms with Crippen LogP contribution in [-0.2, 0) is 38.0 Å². The van der Waals surface area contributed by atoms with E-state index in [1.54, 1.807) is 19.1 Å². The number of carboxylic acids is 1. The summed E-state index contributed by atoms with van der Waals surface area (Å²) in [5.74, 6) is -5.99. The number of ether oxygens (including phenoxy) is 6. The molecule has 5 heterocycles. The summed E-state index contributed by atoms with van der Waals surface area (Å²) >= 11 is 0. The highest BCUT2D eigenvalue weighted by Crippen LogP contribution is 2.54. The second-order valence-electron chi connectivity index (χ2n) is 18.8. The van der Waals surface area contributed by atoms with Crippen LogP contribution in [0.2, 0.25) is 0 Å². The molecule has 4 fully saturated rings. The number of aliphatic hydroxyl groups is 2. The zero-order chi connectivity index (χ0) is 43.0. The highest BCUT2D eigenvalue weighted by Gasteiger charge is 2.63. The molecule has 332 valence electrons. The molecule has 4 saturated heterocycles. The maximum absolute atomic E-state index is 14.5. The van der Waals surface area contributed by atoms with Crippen LogP contribution in [0.15, 0.2) is 12.2 Å². The quantitative estimate of drug-likeness (QED) is 0.133. The molecule has 0 saturated carbocycles. The summed E-state index contributed by atoms with van der Waals surface area (Å²) in [6, 6.07) is 0. The molecule has 2 spiro atoms. The van der Waals surface area contributed by atoms with Crippen molar-refractivity contribution in [3.05, 3.63) is 12.2 Å². The first-order valence-electron chi connectivity index (χ1n) is 22.4. The Bertz CT molecular complexity index is 1480. The van der Waals surface area contributed by atoms with Crippen molar-refractivity contribution in [1.29, 1.82) is 0 Å². The highest BCUT2D eigenvalue weighted by atomic mass is 16.8. The third-order valence-corrected chi connectivity index (χ3v) is 15.0. The summed E-state index contributed by atoms with van der Waals surface area (Å²) in [5, 5.41) is 35.9. The first kappa shape index (κ1) is 46.9. The fourth-order valence-electron chi connectivity index (χ4n) is 11.1. The van der Waals surface area contributed by atoms with Gasteiger partial charge in [0.25, 0.3) is 0 Å². The van der Waals surface area contributed by atoms with Gasteiger partial charge in [0.05, 0.1) is 48.1 Å². The van der Waals surface area contributed by atoms with Crippen molar-refractivity contribution < 1.29 is 58.1 Å². The van der Waals surface area contributed by atoms with E-state index in [9.17, 15) is 29.7 Å². The molecule has 5 aliphatic rings. The minimum Gasteiger partial charge on any atom is -0.481 e. The Hall–Kier alpha value is -2.13. The zero-order valence-corrected chi connectivity index (χ0v) is 37.0. The van der Waals surface area contributed by atoms with E-state index in [2.05, 4.69) is 26.1 Å². The predicted molar refractivity (Wildman–Crippen MR) is 217 cm³/mol. The topological polar surface area (TPSA) is 179 Å². The van der Waals surface area contributed by atoms with E-state index in [1.165, 1.54) is 0 Å². The third-order valence-electron chi connectivity index (χ3n) is 15.0. The number of carboxylic acid groups (broad SMARTS) is 1. The first-order valence-corrected chi connectivity index (χ1v) is 22.4. The summed E-state index contributed by atoms with van der Waals surface area (Å²) in [6.45, 7) is 21.9. The zero-order valence-electron chi connectivity index (χ0n) is 37.0. The largest absolute Gasteiger partial charge is 0.481 e. The van der Waals surface area contributed by atoms with Crippen molar-refractivity contribution in [3.8, 4) is 0 Å². The summed E-state index contributed by atoms with van der Waals surface area (Å²) in [4.78, 5) is 38.9. The lowest BCUT2D eigenvalue weighted by Crippen LogP contribution is -2.63. The number of carbonyl (C=O) groups is 3. The fraction of sp³-hybridized carbons (Fsp3) is 0.889. The van der Waals surface area contributed by atoms with Gasteiger partial charge in [0, 0.05) is 36.6 Å². The van der Waals surface area contributed by atoms with Crippen LogP contribution in [0.25, 0.3) is 0 Å². The maximum Gasteiger partial charge on any atom is 0.407 e. The third kappa shape index (κ3) is 8.93. The van der Waals surface area contributed by atoms with Crippen molar-refractivity contribution in [3.63, 3.8) is 0 Å². The first-order chi connectivity index (χ1) is 27.3. The normalized spacial score (nSPS) is 43.0. The van der Waals surface area contributed by atoms with Crippen molar-refractivity contribution in [2.75, 3.05) is 6.54 Å². The minimum atomic E-state index is -1.41. The van der Waals surface area contributed by atoms with Gasteiger partial charge in [-0.2, -0.15) is 0 Å². The minimum absolute atomic E-state index is 0.00658. The number of aliphatic carboxylic acids is 1. The second-order valence-corrected chi connectivity index (χ2v) is 18.8. The number of hydrogen-bond donors (Lipinski definition) is 4. The van der Waals surface area contributed by atoms with E-state index >= 15 is 0 Å². The maximum atomic E-state index is 14.5. The molecule has 13 heteroatoms. The number of nitrogens with one attached hydrogen (secondary N) is 1. The summed E-state index contributed by atoms with van der Waals surface area (Å²) in [6.07, 6.45) is 4.67. The smallest absolute Gasteiger partial charge is 0.407 e. The van der Waals surface area contributed by atoms with Crippen LogP contribution in [0, 0.1) is 41.4 Å². The molecule has 0 radical (unpaired) electrons. The molecule has 18 atom stereocenters. The molecule has 0 aromatic heterocycles. The van der Waals surface area contributed by atoms with Gasteiger partial charge in [-0.25, -0.2) is 4.79 Å². The predicted octanol–water partition coefficient (Wildman–Crippen LogP) is 6.94. The number of hydrogen-bond acceptors (Lipinski definition) is 11. The van der Waals surface area contributed by atoms with Gasteiger partial charge >= 0.3 is 12.1 Å². The number of Topliss-reactive ketones (excluding diaryl/α,β-unsaturated/α-hetero) is 1. The second kappa shape index (κ2) is 18.5. The number of rotatable bonds is 14. The Morgan fingerprint density at radius 3 is 2.19 bits per heavy atom. The summed E-state index contributed by atoms with van der Waals surface area (Å²) in [7, 11) is 0. The number of alkyl carbamates (subject to hydrolysis) is 1.